The second-order valence-corrected chi connectivity index (χ2v) is 8.19. The first kappa shape index (κ1) is 22.5. The number of ether oxygens (including phenoxy) is 1. The zero-order valence-corrected chi connectivity index (χ0v) is 18.3. The van der Waals surface area contributed by atoms with Gasteiger partial charge in [0, 0.05) is 18.0 Å². The van der Waals surface area contributed by atoms with E-state index in [-0.39, 0.29) is 35.8 Å². The number of anilines is 2. The summed E-state index contributed by atoms with van der Waals surface area (Å²) in [6.07, 6.45) is 0.174. The number of alkyl halides is 2. The molecule has 0 fully saturated rings. The van der Waals surface area contributed by atoms with Crippen molar-refractivity contribution in [2.75, 3.05) is 21.8 Å². The summed E-state index contributed by atoms with van der Waals surface area (Å²) in [6, 6.07) is 12.6. The number of carbonyl (C=O) groups is 2. The quantitative estimate of drug-likeness (QED) is 0.417. The van der Waals surface area contributed by atoms with Gasteiger partial charge in [0.25, 0.3) is 0 Å². The van der Waals surface area contributed by atoms with E-state index in [0.29, 0.717) is 27.9 Å². The van der Waals surface area contributed by atoms with Gasteiger partial charge in [0.1, 0.15) is 5.75 Å². The second-order valence-electron chi connectivity index (χ2n) is 7.25. The second kappa shape index (κ2) is 9.45. The summed E-state index contributed by atoms with van der Waals surface area (Å²) in [5.41, 5.74) is 1.75. The zero-order chi connectivity index (χ0) is 23.5. The Bertz CT molecular complexity index is 1170. The van der Waals surface area contributed by atoms with E-state index >= 15 is 0 Å². The van der Waals surface area contributed by atoms with Gasteiger partial charge in [-0.25, -0.2) is 4.68 Å². The first-order chi connectivity index (χ1) is 15.8. The molecular weight excluding hydrogens is 454 g/mol. The SMILES string of the molecule is C[C@@H]1CC(=O)Nc2ccccc2N1C(=O)CSc1nnc(-c2ccc(OC(F)F)cc2)n1N. The Morgan fingerprint density at radius 1 is 1.24 bits per heavy atom. The molecule has 1 aliphatic heterocycles. The van der Waals surface area contributed by atoms with Crippen LogP contribution in [0.25, 0.3) is 11.4 Å². The lowest BCUT2D eigenvalue weighted by molar-refractivity contribution is -0.117. The third kappa shape index (κ3) is 4.90. The largest absolute Gasteiger partial charge is 0.435 e. The summed E-state index contributed by atoms with van der Waals surface area (Å²) in [4.78, 5) is 26.8. The Kier molecular flexibility index (Phi) is 6.45. The Morgan fingerprint density at radius 3 is 2.70 bits per heavy atom. The van der Waals surface area contributed by atoms with Crippen molar-refractivity contribution in [3.63, 3.8) is 0 Å². The number of halogens is 2. The molecule has 4 rings (SSSR count). The van der Waals surface area contributed by atoms with Crippen LogP contribution in [0, 0.1) is 0 Å². The predicted octanol–water partition coefficient (Wildman–Crippen LogP) is 3.12. The van der Waals surface area contributed by atoms with Gasteiger partial charge >= 0.3 is 6.61 Å². The van der Waals surface area contributed by atoms with Crippen LogP contribution in [0.3, 0.4) is 0 Å². The van der Waals surface area contributed by atoms with E-state index in [1.807, 2.05) is 6.92 Å². The highest BCUT2D eigenvalue weighted by Gasteiger charge is 2.29. The van der Waals surface area contributed by atoms with E-state index in [9.17, 15) is 18.4 Å². The van der Waals surface area contributed by atoms with E-state index in [1.165, 1.54) is 28.9 Å². The molecule has 0 radical (unpaired) electrons. The average Bonchev–Trinajstić information content (AvgIpc) is 3.07. The Morgan fingerprint density at radius 2 is 1.97 bits per heavy atom. The lowest BCUT2D eigenvalue weighted by Crippen LogP contribution is -2.40. The van der Waals surface area contributed by atoms with Gasteiger partial charge in [-0.2, -0.15) is 8.78 Å². The molecular formula is C21H20F2N6O3S. The molecule has 1 aromatic heterocycles. The Balaban J connectivity index is 1.48. The summed E-state index contributed by atoms with van der Waals surface area (Å²) in [5.74, 6) is 6.07. The van der Waals surface area contributed by atoms with Crippen molar-refractivity contribution in [3.05, 3.63) is 48.5 Å². The predicted molar refractivity (Wildman–Crippen MR) is 120 cm³/mol. The number of thioether (sulfide) groups is 1. The smallest absolute Gasteiger partial charge is 0.387 e. The first-order valence-corrected chi connectivity index (χ1v) is 10.9. The van der Waals surface area contributed by atoms with Gasteiger partial charge in [-0.1, -0.05) is 23.9 Å². The number of fused-ring (bicyclic) bond motifs is 1. The Hall–Kier alpha value is -3.67. The average molecular weight is 474 g/mol. The van der Waals surface area contributed by atoms with Crippen molar-refractivity contribution in [3.8, 4) is 17.1 Å². The van der Waals surface area contributed by atoms with Gasteiger partial charge in [-0.3, -0.25) is 9.59 Å². The van der Waals surface area contributed by atoms with Crippen LogP contribution in [-0.2, 0) is 9.59 Å². The number of nitrogens with zero attached hydrogens (tertiary/aromatic N) is 4. The molecule has 2 heterocycles. The molecule has 0 bridgehead atoms. The molecule has 33 heavy (non-hydrogen) atoms. The topological polar surface area (TPSA) is 115 Å². The normalized spacial score (nSPS) is 15.7. The van der Waals surface area contributed by atoms with Crippen molar-refractivity contribution in [1.29, 1.82) is 0 Å². The third-order valence-corrected chi connectivity index (χ3v) is 5.88. The fourth-order valence-electron chi connectivity index (χ4n) is 3.52. The van der Waals surface area contributed by atoms with E-state index in [1.54, 1.807) is 29.2 Å². The van der Waals surface area contributed by atoms with Gasteiger partial charge in [-0.15, -0.1) is 10.2 Å². The van der Waals surface area contributed by atoms with Crippen molar-refractivity contribution in [1.82, 2.24) is 14.9 Å². The molecule has 9 nitrogen and oxygen atoms in total. The van der Waals surface area contributed by atoms with Crippen LogP contribution in [-0.4, -0.2) is 45.1 Å². The van der Waals surface area contributed by atoms with Crippen molar-refractivity contribution in [2.45, 2.75) is 31.2 Å². The van der Waals surface area contributed by atoms with Crippen molar-refractivity contribution >= 4 is 35.0 Å². The number of para-hydroxylation sites is 2. The molecule has 2 aromatic carbocycles. The van der Waals surface area contributed by atoms with Gasteiger partial charge in [0.15, 0.2) is 5.82 Å². The number of nitrogens with one attached hydrogen (secondary N) is 1. The van der Waals surface area contributed by atoms with Crippen LogP contribution < -0.4 is 20.8 Å². The highest BCUT2D eigenvalue weighted by molar-refractivity contribution is 7.99. The molecule has 3 aromatic rings. The minimum atomic E-state index is -2.91. The summed E-state index contributed by atoms with van der Waals surface area (Å²) in [5, 5.41) is 11.2. The van der Waals surface area contributed by atoms with Crippen LogP contribution in [0.5, 0.6) is 5.75 Å². The lowest BCUT2D eigenvalue weighted by Gasteiger charge is -2.27. The van der Waals surface area contributed by atoms with E-state index in [0.717, 1.165) is 11.8 Å². The van der Waals surface area contributed by atoms with Crippen LogP contribution >= 0.6 is 11.8 Å². The van der Waals surface area contributed by atoms with Crippen LogP contribution in [0.1, 0.15) is 13.3 Å². The summed E-state index contributed by atoms with van der Waals surface area (Å²) in [7, 11) is 0. The Labute approximate surface area is 191 Å². The molecule has 0 saturated heterocycles. The number of carbonyl (C=O) groups excluding carboxylic acids is 2. The number of aromatic nitrogens is 3. The molecule has 172 valence electrons. The number of benzene rings is 2. The highest BCUT2D eigenvalue weighted by Crippen LogP contribution is 2.32. The van der Waals surface area contributed by atoms with E-state index in [4.69, 9.17) is 5.84 Å². The third-order valence-electron chi connectivity index (χ3n) is 4.95. The maximum atomic E-state index is 13.1. The van der Waals surface area contributed by atoms with E-state index in [2.05, 4.69) is 20.3 Å². The number of hydrogen-bond donors (Lipinski definition) is 2. The van der Waals surface area contributed by atoms with Gasteiger partial charge in [0.05, 0.1) is 17.1 Å². The summed E-state index contributed by atoms with van der Waals surface area (Å²) in [6.45, 7) is -1.10. The number of amides is 2. The van der Waals surface area contributed by atoms with Crippen molar-refractivity contribution in [2.24, 2.45) is 0 Å². The maximum absolute atomic E-state index is 13.1. The number of rotatable bonds is 6. The fraction of sp³-hybridized carbons (Fsp3) is 0.238. The minimum Gasteiger partial charge on any atom is -0.435 e. The standard InChI is InChI=1S/C21H20F2N6O3S/c1-12-10-17(30)25-15-4-2-3-5-16(15)28(12)18(31)11-33-21-27-26-19(29(21)24)13-6-8-14(9-7-13)32-20(22)23/h2-9,12,20H,10-11,24H2,1H3,(H,25,30)/t12-/m1/s1. The van der Waals surface area contributed by atoms with Crippen LogP contribution in [0.15, 0.2) is 53.7 Å². The van der Waals surface area contributed by atoms with Gasteiger partial charge in [-0.05, 0) is 43.3 Å². The number of nitrogens with two attached hydrogens (primary N) is 1. The number of hydrogen-bond acceptors (Lipinski definition) is 7. The van der Waals surface area contributed by atoms with Crippen LogP contribution in [0.4, 0.5) is 20.2 Å². The molecule has 0 aliphatic carbocycles. The first-order valence-electron chi connectivity index (χ1n) is 9.93. The minimum absolute atomic E-state index is 0.0110. The molecule has 0 saturated carbocycles. The van der Waals surface area contributed by atoms with Crippen molar-refractivity contribution < 1.29 is 23.1 Å². The lowest BCUT2D eigenvalue weighted by atomic mass is 10.2. The molecule has 2 amide bonds. The molecule has 1 aliphatic rings. The molecule has 0 spiro atoms. The maximum Gasteiger partial charge on any atom is 0.387 e. The zero-order valence-electron chi connectivity index (χ0n) is 17.4. The molecule has 1 atom stereocenters. The molecule has 0 unspecified atom stereocenters. The van der Waals surface area contributed by atoms with Crippen LogP contribution in [0.2, 0.25) is 0 Å². The van der Waals surface area contributed by atoms with Gasteiger partial charge in [0.2, 0.25) is 17.0 Å². The summed E-state index contributed by atoms with van der Waals surface area (Å²) < 4.78 is 30.2. The molecule has 3 N–H and O–H groups in total. The fourth-order valence-corrected chi connectivity index (χ4v) is 4.24. The van der Waals surface area contributed by atoms with E-state index < -0.39 is 6.61 Å². The van der Waals surface area contributed by atoms with Gasteiger partial charge < -0.3 is 20.8 Å². The monoisotopic (exact) mass is 474 g/mol. The number of nitrogen functional groups attached to an aromatic ring is 1. The highest BCUT2D eigenvalue weighted by atomic mass is 32.2. The molecule has 12 heteroatoms. The summed E-state index contributed by atoms with van der Waals surface area (Å²) >= 11 is 1.10.